The van der Waals surface area contributed by atoms with E-state index < -0.39 is 11.4 Å². The highest BCUT2D eigenvalue weighted by molar-refractivity contribution is 5.86. The summed E-state index contributed by atoms with van der Waals surface area (Å²) in [5, 5.41) is 0.445. The second kappa shape index (κ2) is 9.54. The molecule has 3 rings (SSSR count). The Morgan fingerprint density at radius 2 is 1.75 bits per heavy atom. The average Bonchev–Trinajstić information content (AvgIpc) is 2.71. The molecule has 1 heterocycles. The van der Waals surface area contributed by atoms with Gasteiger partial charge in [-0.05, 0) is 42.3 Å². The number of unbranched alkanes of at least 4 members (excludes halogenated alkanes) is 3. The van der Waals surface area contributed by atoms with Crippen LogP contribution in [-0.2, 0) is 6.42 Å². The Kier molecular flexibility index (Phi) is 6.85. The Labute approximate surface area is 165 Å². The average molecular weight is 382 g/mol. The van der Waals surface area contributed by atoms with E-state index in [-0.39, 0.29) is 11.1 Å². The molecule has 148 valence electrons. The van der Waals surface area contributed by atoms with Gasteiger partial charge in [0.25, 0.3) is 0 Å². The number of benzene rings is 2. The van der Waals surface area contributed by atoms with Crippen molar-refractivity contribution in [1.82, 2.24) is 0 Å². The Morgan fingerprint density at radius 3 is 2.46 bits per heavy atom. The van der Waals surface area contributed by atoms with Gasteiger partial charge in [0.05, 0.1) is 6.61 Å². The molecule has 0 N–H and O–H groups in total. The minimum absolute atomic E-state index is 0.0649. The number of hydrogen-bond donors (Lipinski definition) is 0. The van der Waals surface area contributed by atoms with Crippen LogP contribution in [0.4, 0.5) is 4.39 Å². The van der Waals surface area contributed by atoms with Gasteiger partial charge in [-0.15, -0.1) is 0 Å². The lowest BCUT2D eigenvalue weighted by Crippen LogP contribution is -2.05. The molecule has 1 aromatic heterocycles. The van der Waals surface area contributed by atoms with Gasteiger partial charge < -0.3 is 9.15 Å². The number of halogens is 1. The summed E-state index contributed by atoms with van der Waals surface area (Å²) in [5.74, 6) is -0.132. The van der Waals surface area contributed by atoms with E-state index in [1.807, 2.05) is 19.1 Å². The molecule has 3 nitrogen and oxygen atoms in total. The Morgan fingerprint density at radius 1 is 0.964 bits per heavy atom. The van der Waals surface area contributed by atoms with Crippen LogP contribution in [0.5, 0.6) is 5.75 Å². The second-order valence-corrected chi connectivity index (χ2v) is 7.10. The normalized spacial score (nSPS) is 11.1. The summed E-state index contributed by atoms with van der Waals surface area (Å²) in [5.41, 5.74) is 1.39. The molecule has 0 amide bonds. The summed E-state index contributed by atoms with van der Waals surface area (Å²) in [6, 6.07) is 13.0. The van der Waals surface area contributed by atoms with Crippen molar-refractivity contribution >= 4 is 10.8 Å². The SMILES string of the molecule is CCCCCCc1ccc(-c2cc3ccc(OCCC)c(F)c3c(=O)o2)cc1. The van der Waals surface area contributed by atoms with Crippen LogP contribution < -0.4 is 10.4 Å². The fraction of sp³-hybridized carbons (Fsp3) is 0.375. The van der Waals surface area contributed by atoms with Gasteiger partial charge in [-0.3, -0.25) is 0 Å². The zero-order valence-electron chi connectivity index (χ0n) is 16.6. The topological polar surface area (TPSA) is 39.4 Å². The summed E-state index contributed by atoms with van der Waals surface area (Å²) in [6.45, 7) is 4.55. The minimum atomic E-state index is -0.685. The van der Waals surface area contributed by atoms with E-state index in [1.165, 1.54) is 31.2 Å². The Balaban J connectivity index is 1.85. The van der Waals surface area contributed by atoms with Gasteiger partial charge in [0.1, 0.15) is 11.1 Å². The maximum Gasteiger partial charge on any atom is 0.347 e. The highest BCUT2D eigenvalue weighted by Crippen LogP contribution is 2.28. The minimum Gasteiger partial charge on any atom is -0.491 e. The van der Waals surface area contributed by atoms with Crippen LogP contribution in [0.3, 0.4) is 0 Å². The maximum absolute atomic E-state index is 14.6. The third-order valence-corrected chi connectivity index (χ3v) is 4.85. The molecule has 4 heteroatoms. The van der Waals surface area contributed by atoms with E-state index in [4.69, 9.17) is 9.15 Å². The molecule has 0 fully saturated rings. The van der Waals surface area contributed by atoms with Crippen molar-refractivity contribution in [3.63, 3.8) is 0 Å². The molecule has 0 aliphatic rings. The monoisotopic (exact) mass is 382 g/mol. The summed E-state index contributed by atoms with van der Waals surface area (Å²) < 4.78 is 25.4. The Bertz CT molecular complexity index is 974. The molecule has 0 atom stereocenters. The van der Waals surface area contributed by atoms with E-state index in [1.54, 1.807) is 18.2 Å². The van der Waals surface area contributed by atoms with Crippen LogP contribution in [-0.4, -0.2) is 6.61 Å². The third kappa shape index (κ3) is 4.61. The molecule has 0 saturated heterocycles. The molecule has 0 saturated carbocycles. The summed E-state index contributed by atoms with van der Waals surface area (Å²) in [6.07, 6.45) is 6.73. The zero-order valence-corrected chi connectivity index (χ0v) is 16.6. The van der Waals surface area contributed by atoms with Crippen molar-refractivity contribution < 1.29 is 13.5 Å². The van der Waals surface area contributed by atoms with Crippen molar-refractivity contribution in [1.29, 1.82) is 0 Å². The van der Waals surface area contributed by atoms with Crippen LogP contribution >= 0.6 is 0 Å². The first-order chi connectivity index (χ1) is 13.6. The van der Waals surface area contributed by atoms with E-state index >= 15 is 0 Å². The molecule has 0 aliphatic carbocycles. The summed E-state index contributed by atoms with van der Waals surface area (Å²) >= 11 is 0. The van der Waals surface area contributed by atoms with Crippen LogP contribution in [0.25, 0.3) is 22.1 Å². The van der Waals surface area contributed by atoms with E-state index in [2.05, 4.69) is 19.1 Å². The van der Waals surface area contributed by atoms with E-state index in [0.29, 0.717) is 17.8 Å². The lowest BCUT2D eigenvalue weighted by atomic mass is 10.0. The molecular weight excluding hydrogens is 355 g/mol. The van der Waals surface area contributed by atoms with Gasteiger partial charge in [-0.1, -0.05) is 63.4 Å². The van der Waals surface area contributed by atoms with Gasteiger partial charge in [-0.2, -0.15) is 0 Å². The van der Waals surface area contributed by atoms with Crippen LogP contribution in [0.15, 0.2) is 51.7 Å². The third-order valence-electron chi connectivity index (χ3n) is 4.85. The number of hydrogen-bond acceptors (Lipinski definition) is 3. The molecule has 2 aromatic carbocycles. The predicted octanol–water partition coefficient (Wildman–Crippen LogP) is 6.51. The first-order valence-corrected chi connectivity index (χ1v) is 10.1. The van der Waals surface area contributed by atoms with Gasteiger partial charge in [-0.25, -0.2) is 9.18 Å². The number of aryl methyl sites for hydroxylation is 1. The molecule has 28 heavy (non-hydrogen) atoms. The molecule has 0 spiro atoms. The second-order valence-electron chi connectivity index (χ2n) is 7.10. The highest BCUT2D eigenvalue weighted by atomic mass is 19.1. The van der Waals surface area contributed by atoms with Crippen molar-refractivity contribution in [2.75, 3.05) is 6.61 Å². The van der Waals surface area contributed by atoms with Crippen molar-refractivity contribution in [3.05, 3.63) is 64.3 Å². The van der Waals surface area contributed by atoms with Crippen molar-refractivity contribution in [2.45, 2.75) is 52.4 Å². The molecule has 0 aliphatic heterocycles. The zero-order chi connectivity index (χ0) is 19.9. The van der Waals surface area contributed by atoms with Crippen LogP contribution in [0.1, 0.15) is 51.5 Å². The largest absolute Gasteiger partial charge is 0.491 e. The molecule has 0 radical (unpaired) electrons. The van der Waals surface area contributed by atoms with Crippen LogP contribution in [0.2, 0.25) is 0 Å². The Hall–Kier alpha value is -2.62. The van der Waals surface area contributed by atoms with E-state index in [0.717, 1.165) is 18.4 Å². The lowest BCUT2D eigenvalue weighted by Gasteiger charge is -2.09. The van der Waals surface area contributed by atoms with Crippen molar-refractivity contribution in [3.8, 4) is 17.1 Å². The quantitative estimate of drug-likeness (QED) is 0.396. The number of fused-ring (bicyclic) bond motifs is 1. The standard InChI is InChI=1S/C24H27FO3/c1-3-5-6-7-8-17-9-11-18(12-10-17)21-16-19-13-14-20(27-15-4-2)23(25)22(19)24(26)28-21/h9-14,16H,3-8,15H2,1-2H3. The van der Waals surface area contributed by atoms with E-state index in [9.17, 15) is 9.18 Å². The van der Waals surface area contributed by atoms with Gasteiger partial charge in [0.2, 0.25) is 0 Å². The predicted molar refractivity (Wildman–Crippen MR) is 112 cm³/mol. The fourth-order valence-electron chi connectivity index (χ4n) is 3.28. The molecule has 3 aromatic rings. The first-order valence-electron chi connectivity index (χ1n) is 10.1. The summed E-state index contributed by atoms with van der Waals surface area (Å²) in [4.78, 5) is 12.4. The van der Waals surface area contributed by atoms with Gasteiger partial charge in [0, 0.05) is 5.56 Å². The lowest BCUT2D eigenvalue weighted by molar-refractivity contribution is 0.302. The van der Waals surface area contributed by atoms with Gasteiger partial charge in [0.15, 0.2) is 11.6 Å². The number of rotatable bonds is 9. The molecule has 0 bridgehead atoms. The highest BCUT2D eigenvalue weighted by Gasteiger charge is 2.15. The first kappa shape index (κ1) is 20.1. The molecule has 0 unspecified atom stereocenters. The van der Waals surface area contributed by atoms with Gasteiger partial charge >= 0.3 is 5.63 Å². The smallest absolute Gasteiger partial charge is 0.347 e. The van der Waals surface area contributed by atoms with Crippen LogP contribution in [0, 0.1) is 5.82 Å². The fourth-order valence-corrected chi connectivity index (χ4v) is 3.28. The summed E-state index contributed by atoms with van der Waals surface area (Å²) in [7, 11) is 0. The molecular formula is C24H27FO3. The van der Waals surface area contributed by atoms with Crippen molar-refractivity contribution in [2.24, 2.45) is 0 Å². The number of ether oxygens (including phenoxy) is 1. The maximum atomic E-state index is 14.6.